The van der Waals surface area contributed by atoms with Crippen LogP contribution in [0.1, 0.15) is 43.7 Å². The third-order valence-electron chi connectivity index (χ3n) is 4.56. The maximum atomic E-state index is 12.5. The lowest BCUT2D eigenvalue weighted by molar-refractivity contribution is -0.122. The number of rotatable bonds is 6. The van der Waals surface area contributed by atoms with Gasteiger partial charge in [0, 0.05) is 18.4 Å². The number of ether oxygens (including phenoxy) is 1. The predicted molar refractivity (Wildman–Crippen MR) is 90.6 cm³/mol. The maximum absolute atomic E-state index is 12.5. The van der Waals surface area contributed by atoms with Crippen molar-refractivity contribution in [1.29, 1.82) is 0 Å². The molecule has 0 unspecified atom stereocenters. The van der Waals surface area contributed by atoms with Gasteiger partial charge in [-0.1, -0.05) is 25.0 Å². The van der Waals surface area contributed by atoms with Crippen molar-refractivity contribution in [1.82, 2.24) is 9.88 Å². The summed E-state index contributed by atoms with van der Waals surface area (Å²) in [5, 5.41) is 3.19. The molecule has 0 radical (unpaired) electrons. The second kappa shape index (κ2) is 7.36. The quantitative estimate of drug-likeness (QED) is 0.886. The van der Waals surface area contributed by atoms with E-state index >= 15 is 0 Å². The summed E-state index contributed by atoms with van der Waals surface area (Å²) < 4.78 is 7.41. The van der Waals surface area contributed by atoms with Crippen LogP contribution in [0.15, 0.2) is 48.8 Å². The van der Waals surface area contributed by atoms with Gasteiger partial charge in [0.1, 0.15) is 5.75 Å². The normalized spacial score (nSPS) is 16.2. The number of benzene rings is 1. The Morgan fingerprint density at radius 3 is 2.70 bits per heavy atom. The highest BCUT2D eigenvalue weighted by Crippen LogP contribution is 2.26. The fourth-order valence-electron chi connectivity index (χ4n) is 3.33. The Bertz CT molecular complexity index is 631. The van der Waals surface area contributed by atoms with Crippen LogP contribution < -0.4 is 10.1 Å². The summed E-state index contributed by atoms with van der Waals surface area (Å²) in [4.78, 5) is 12.5. The Morgan fingerprint density at radius 1 is 1.26 bits per heavy atom. The Kier molecular flexibility index (Phi) is 5.01. The van der Waals surface area contributed by atoms with Crippen molar-refractivity contribution in [2.45, 2.75) is 44.2 Å². The highest BCUT2D eigenvalue weighted by molar-refractivity contribution is 5.77. The van der Waals surface area contributed by atoms with Crippen molar-refractivity contribution < 1.29 is 9.53 Å². The summed E-state index contributed by atoms with van der Waals surface area (Å²) in [6.45, 7) is 0. The molecular formula is C19H24N2O2. The van der Waals surface area contributed by atoms with E-state index < -0.39 is 0 Å². The maximum Gasteiger partial charge on any atom is 0.222 e. The van der Waals surface area contributed by atoms with Gasteiger partial charge >= 0.3 is 0 Å². The number of carbonyl (C=O) groups is 1. The van der Waals surface area contributed by atoms with Gasteiger partial charge < -0.3 is 14.6 Å². The summed E-state index contributed by atoms with van der Waals surface area (Å²) in [6, 6.07) is 12.3. The van der Waals surface area contributed by atoms with E-state index in [0.29, 0.717) is 12.5 Å². The first-order valence-electron chi connectivity index (χ1n) is 8.32. The number of methoxy groups -OCH3 is 1. The molecule has 1 heterocycles. The van der Waals surface area contributed by atoms with Crippen LogP contribution in [0.25, 0.3) is 0 Å². The van der Waals surface area contributed by atoms with Gasteiger partial charge in [0.25, 0.3) is 0 Å². The number of carbonyl (C=O) groups excluding carboxylic acids is 1. The molecule has 0 bridgehead atoms. The molecule has 0 saturated heterocycles. The van der Waals surface area contributed by atoms with Gasteiger partial charge in [-0.25, -0.2) is 0 Å². The van der Waals surface area contributed by atoms with Crippen LogP contribution in [0.4, 0.5) is 0 Å². The first-order chi connectivity index (χ1) is 11.3. The third-order valence-corrected chi connectivity index (χ3v) is 4.56. The summed E-state index contributed by atoms with van der Waals surface area (Å²) >= 11 is 0. The average molecular weight is 312 g/mol. The van der Waals surface area contributed by atoms with Crippen LogP contribution in [0.5, 0.6) is 5.75 Å². The van der Waals surface area contributed by atoms with E-state index in [1.54, 1.807) is 7.11 Å². The van der Waals surface area contributed by atoms with Crippen LogP contribution in [0.2, 0.25) is 0 Å². The van der Waals surface area contributed by atoms with Crippen molar-refractivity contribution in [2.75, 3.05) is 7.11 Å². The first kappa shape index (κ1) is 15.7. The smallest absolute Gasteiger partial charge is 0.222 e. The van der Waals surface area contributed by atoms with Crippen molar-refractivity contribution in [2.24, 2.45) is 0 Å². The zero-order valence-corrected chi connectivity index (χ0v) is 13.6. The van der Waals surface area contributed by atoms with Gasteiger partial charge in [0.05, 0.1) is 19.6 Å². The number of nitrogens with zero attached hydrogens (tertiary/aromatic N) is 1. The van der Waals surface area contributed by atoms with Gasteiger partial charge in [-0.15, -0.1) is 0 Å². The Hall–Kier alpha value is -2.23. The second-order valence-corrected chi connectivity index (χ2v) is 6.18. The largest absolute Gasteiger partial charge is 0.497 e. The van der Waals surface area contributed by atoms with E-state index in [1.165, 1.54) is 12.8 Å². The molecule has 4 nitrogen and oxygen atoms in total. The van der Waals surface area contributed by atoms with Crippen LogP contribution in [0, 0.1) is 0 Å². The van der Waals surface area contributed by atoms with Crippen LogP contribution in [-0.2, 0) is 4.79 Å². The lowest BCUT2D eigenvalue weighted by atomic mass is 10.0. The molecule has 23 heavy (non-hydrogen) atoms. The Balaban J connectivity index is 1.77. The van der Waals surface area contributed by atoms with Crippen LogP contribution in [0.3, 0.4) is 0 Å². The molecular weight excluding hydrogens is 288 g/mol. The molecule has 1 fully saturated rings. The van der Waals surface area contributed by atoms with Gasteiger partial charge in [-0.05, 0) is 42.7 Å². The molecule has 1 aliphatic carbocycles. The van der Waals surface area contributed by atoms with E-state index in [4.69, 9.17) is 4.74 Å². The summed E-state index contributed by atoms with van der Waals surface area (Å²) in [5.74, 6) is 0.939. The van der Waals surface area contributed by atoms with Crippen molar-refractivity contribution in [3.63, 3.8) is 0 Å². The van der Waals surface area contributed by atoms with Crippen molar-refractivity contribution in [3.8, 4) is 5.75 Å². The van der Waals surface area contributed by atoms with E-state index in [-0.39, 0.29) is 11.9 Å². The molecule has 2 aromatic rings. The summed E-state index contributed by atoms with van der Waals surface area (Å²) in [5.41, 5.74) is 1.09. The number of hydrogen-bond acceptors (Lipinski definition) is 2. The SMILES string of the molecule is COc1cccc([C@@H](CC(=O)NC2CCCC2)n2cccc2)c1. The zero-order chi connectivity index (χ0) is 16.1. The standard InChI is InChI=1S/C19H24N2O2/c1-23-17-10-6-7-15(13-17)18(21-11-4-5-12-21)14-19(22)20-16-8-2-3-9-16/h4-7,10-13,16,18H,2-3,8-9,14H2,1H3,(H,20,22)/t18-/m1/s1. The molecule has 4 heteroatoms. The van der Waals surface area contributed by atoms with E-state index in [0.717, 1.165) is 24.2 Å². The molecule has 1 amide bonds. The molecule has 1 aromatic heterocycles. The Morgan fingerprint density at radius 2 is 2.00 bits per heavy atom. The molecule has 1 N–H and O–H groups in total. The summed E-state index contributed by atoms with van der Waals surface area (Å²) in [7, 11) is 1.66. The van der Waals surface area contributed by atoms with Crippen LogP contribution >= 0.6 is 0 Å². The fraction of sp³-hybridized carbons (Fsp3) is 0.421. The lowest BCUT2D eigenvalue weighted by Gasteiger charge is -2.21. The lowest BCUT2D eigenvalue weighted by Crippen LogP contribution is -2.34. The monoisotopic (exact) mass is 312 g/mol. The van der Waals surface area contributed by atoms with E-state index in [9.17, 15) is 4.79 Å². The molecule has 1 atom stereocenters. The van der Waals surface area contributed by atoms with Crippen molar-refractivity contribution >= 4 is 5.91 Å². The highest BCUT2D eigenvalue weighted by atomic mass is 16.5. The number of hydrogen-bond donors (Lipinski definition) is 1. The minimum atomic E-state index is -0.0125. The number of aromatic nitrogens is 1. The highest BCUT2D eigenvalue weighted by Gasteiger charge is 2.21. The molecule has 1 aromatic carbocycles. The minimum absolute atomic E-state index is 0.0125. The molecule has 0 spiro atoms. The summed E-state index contributed by atoms with van der Waals surface area (Å²) in [6.07, 6.45) is 9.13. The van der Waals surface area contributed by atoms with Crippen LogP contribution in [-0.4, -0.2) is 23.6 Å². The topological polar surface area (TPSA) is 43.3 Å². The molecule has 0 aliphatic heterocycles. The number of nitrogens with one attached hydrogen (secondary N) is 1. The van der Waals surface area contributed by atoms with E-state index in [2.05, 4.69) is 16.0 Å². The zero-order valence-electron chi connectivity index (χ0n) is 13.6. The molecule has 122 valence electrons. The van der Waals surface area contributed by atoms with Gasteiger partial charge in [0.15, 0.2) is 0 Å². The van der Waals surface area contributed by atoms with Crippen molar-refractivity contribution in [3.05, 3.63) is 54.4 Å². The molecule has 1 saturated carbocycles. The van der Waals surface area contributed by atoms with E-state index in [1.807, 2.05) is 42.7 Å². The average Bonchev–Trinajstić information content (AvgIpc) is 3.26. The Labute approximate surface area is 137 Å². The predicted octanol–water partition coefficient (Wildman–Crippen LogP) is 3.54. The first-order valence-corrected chi connectivity index (χ1v) is 8.32. The van der Waals surface area contributed by atoms with Gasteiger partial charge in [-0.2, -0.15) is 0 Å². The third kappa shape index (κ3) is 3.95. The molecule has 3 rings (SSSR count). The van der Waals surface area contributed by atoms with Gasteiger partial charge in [0.2, 0.25) is 5.91 Å². The minimum Gasteiger partial charge on any atom is -0.497 e. The van der Waals surface area contributed by atoms with Gasteiger partial charge in [-0.3, -0.25) is 4.79 Å². The fourth-order valence-corrected chi connectivity index (χ4v) is 3.33. The molecule has 1 aliphatic rings. The number of amides is 1. The second-order valence-electron chi connectivity index (χ2n) is 6.18.